The highest BCUT2D eigenvalue weighted by Crippen LogP contribution is 2.31. The van der Waals surface area contributed by atoms with Crippen LogP contribution in [0, 0.1) is 4.77 Å². The fourth-order valence-electron chi connectivity index (χ4n) is 2.33. The van der Waals surface area contributed by atoms with Crippen LogP contribution in [0.3, 0.4) is 0 Å². The number of thioether (sulfide) groups is 2. The van der Waals surface area contributed by atoms with Gasteiger partial charge in [0.1, 0.15) is 0 Å². The Morgan fingerprint density at radius 3 is 1.36 bits per heavy atom. The van der Waals surface area contributed by atoms with Crippen molar-refractivity contribution in [1.29, 1.82) is 0 Å². The van der Waals surface area contributed by atoms with Gasteiger partial charge < -0.3 is 9.97 Å². The van der Waals surface area contributed by atoms with Crippen LogP contribution >= 0.6 is 35.7 Å². The Hall–Kier alpha value is -1.43. The van der Waals surface area contributed by atoms with Gasteiger partial charge in [0.15, 0.2) is 4.77 Å². The number of imidazole rings is 1. The number of rotatable bonds is 4. The normalized spacial score (nSPS) is 10.8. The minimum absolute atomic E-state index is 0.646. The Morgan fingerprint density at radius 2 is 1.05 bits per heavy atom. The van der Waals surface area contributed by atoms with Gasteiger partial charge in [-0.2, -0.15) is 0 Å². The molecule has 2 aromatic carbocycles. The van der Waals surface area contributed by atoms with Gasteiger partial charge in [-0.15, -0.1) is 23.5 Å². The Kier molecular flexibility index (Phi) is 4.76. The molecule has 2 nitrogen and oxygen atoms in total. The second-order valence-corrected chi connectivity index (χ2v) is 6.95. The van der Waals surface area contributed by atoms with Crippen LogP contribution in [0.2, 0.25) is 0 Å². The molecule has 0 aliphatic carbocycles. The molecule has 0 aliphatic rings. The zero-order chi connectivity index (χ0) is 15.5. The molecule has 0 saturated carbocycles. The van der Waals surface area contributed by atoms with Gasteiger partial charge in [0.2, 0.25) is 0 Å². The Bertz CT molecular complexity index is 746. The van der Waals surface area contributed by atoms with E-state index in [1.54, 1.807) is 23.5 Å². The molecule has 5 heteroatoms. The maximum absolute atomic E-state index is 5.30. The summed E-state index contributed by atoms with van der Waals surface area (Å²) in [6.07, 6.45) is 4.16. The van der Waals surface area contributed by atoms with E-state index in [2.05, 4.69) is 71.0 Å². The average Bonchev–Trinajstić information content (AvgIpc) is 2.97. The van der Waals surface area contributed by atoms with Gasteiger partial charge in [-0.25, -0.2) is 0 Å². The van der Waals surface area contributed by atoms with Crippen molar-refractivity contribution in [2.24, 2.45) is 0 Å². The summed E-state index contributed by atoms with van der Waals surface area (Å²) in [6.45, 7) is 0. The summed E-state index contributed by atoms with van der Waals surface area (Å²) in [5, 5.41) is 0. The van der Waals surface area contributed by atoms with Crippen LogP contribution < -0.4 is 0 Å². The molecule has 0 atom stereocenters. The van der Waals surface area contributed by atoms with Crippen molar-refractivity contribution in [2.75, 3.05) is 12.5 Å². The fourth-order valence-corrected chi connectivity index (χ4v) is 3.35. The van der Waals surface area contributed by atoms with Crippen LogP contribution in [-0.4, -0.2) is 22.5 Å². The molecule has 0 amide bonds. The third-order valence-corrected chi connectivity index (χ3v) is 5.18. The predicted molar refractivity (Wildman–Crippen MR) is 100 cm³/mol. The standard InChI is InChI=1S/C17H16N2S3/c1-21-13-7-3-11(4-8-13)15-16(19-17(20)18-15)12-5-9-14(22-2)10-6-12/h3-10H,1-2H3,(H2,18,19,20). The topological polar surface area (TPSA) is 31.6 Å². The number of benzene rings is 2. The first-order chi connectivity index (χ1) is 10.7. The largest absolute Gasteiger partial charge is 0.330 e. The molecule has 0 fully saturated rings. The first-order valence-electron chi connectivity index (χ1n) is 6.82. The molecule has 0 spiro atoms. The molecule has 1 aromatic heterocycles. The summed E-state index contributed by atoms with van der Waals surface area (Å²) in [4.78, 5) is 9.05. The first-order valence-corrected chi connectivity index (χ1v) is 9.68. The van der Waals surface area contributed by atoms with E-state index in [-0.39, 0.29) is 0 Å². The smallest absolute Gasteiger partial charge is 0.175 e. The number of hydrogen-bond donors (Lipinski definition) is 2. The molecule has 0 unspecified atom stereocenters. The van der Waals surface area contributed by atoms with E-state index >= 15 is 0 Å². The van der Waals surface area contributed by atoms with E-state index in [9.17, 15) is 0 Å². The number of aromatic nitrogens is 2. The highest BCUT2D eigenvalue weighted by molar-refractivity contribution is 7.98. The predicted octanol–water partition coefficient (Wildman–Crippen LogP) is 5.85. The Morgan fingerprint density at radius 1 is 0.682 bits per heavy atom. The van der Waals surface area contributed by atoms with Crippen LogP contribution in [0.15, 0.2) is 58.3 Å². The summed E-state index contributed by atoms with van der Waals surface area (Å²) in [5.41, 5.74) is 4.34. The Balaban J connectivity index is 2.06. The van der Waals surface area contributed by atoms with Crippen LogP contribution in [0.5, 0.6) is 0 Å². The lowest BCUT2D eigenvalue weighted by Gasteiger charge is -2.06. The molecule has 0 saturated heterocycles. The second kappa shape index (κ2) is 6.77. The molecule has 112 valence electrons. The molecule has 0 bridgehead atoms. The molecule has 3 rings (SSSR count). The van der Waals surface area contributed by atoms with E-state index < -0.39 is 0 Å². The molecule has 0 radical (unpaired) electrons. The van der Waals surface area contributed by atoms with Crippen LogP contribution in [0.4, 0.5) is 0 Å². The van der Waals surface area contributed by atoms with E-state index in [1.807, 2.05) is 0 Å². The van der Waals surface area contributed by atoms with E-state index in [0.717, 1.165) is 22.5 Å². The highest BCUT2D eigenvalue weighted by atomic mass is 32.2. The zero-order valence-corrected chi connectivity index (χ0v) is 14.8. The minimum atomic E-state index is 0.646. The lowest BCUT2D eigenvalue weighted by atomic mass is 10.1. The molecular formula is C17H16N2S3. The number of hydrogen-bond acceptors (Lipinski definition) is 3. The van der Waals surface area contributed by atoms with Crippen molar-refractivity contribution in [2.45, 2.75) is 9.79 Å². The monoisotopic (exact) mass is 344 g/mol. The maximum Gasteiger partial charge on any atom is 0.175 e. The number of aromatic amines is 2. The lowest BCUT2D eigenvalue weighted by molar-refractivity contribution is 1.27. The summed E-state index contributed by atoms with van der Waals surface area (Å²) in [6, 6.07) is 17.0. The van der Waals surface area contributed by atoms with E-state index in [4.69, 9.17) is 12.2 Å². The summed E-state index contributed by atoms with van der Waals surface area (Å²) in [5.74, 6) is 0. The quantitative estimate of drug-likeness (QED) is 0.460. The SMILES string of the molecule is CSc1ccc(-c2[nH]c(=S)[nH]c2-c2ccc(SC)cc2)cc1. The van der Waals surface area contributed by atoms with Gasteiger partial charge in [-0.1, -0.05) is 24.3 Å². The van der Waals surface area contributed by atoms with Gasteiger partial charge >= 0.3 is 0 Å². The van der Waals surface area contributed by atoms with E-state index in [1.165, 1.54) is 9.79 Å². The molecule has 1 heterocycles. The van der Waals surface area contributed by atoms with Crippen molar-refractivity contribution in [3.63, 3.8) is 0 Å². The van der Waals surface area contributed by atoms with Crippen molar-refractivity contribution >= 4 is 35.7 Å². The number of nitrogens with one attached hydrogen (secondary N) is 2. The van der Waals surface area contributed by atoms with Gasteiger partial charge in [-0.3, -0.25) is 0 Å². The zero-order valence-electron chi connectivity index (χ0n) is 12.3. The third-order valence-electron chi connectivity index (χ3n) is 3.48. The summed E-state index contributed by atoms with van der Waals surface area (Å²) < 4.78 is 0.646. The van der Waals surface area contributed by atoms with Gasteiger partial charge in [-0.05, 0) is 49.0 Å². The van der Waals surface area contributed by atoms with Crippen molar-refractivity contribution in [1.82, 2.24) is 9.97 Å². The van der Waals surface area contributed by atoms with Gasteiger partial charge in [0.05, 0.1) is 11.4 Å². The maximum atomic E-state index is 5.30. The first kappa shape index (κ1) is 15.5. The third kappa shape index (κ3) is 3.16. The molecule has 3 aromatic rings. The van der Waals surface area contributed by atoms with Gasteiger partial charge in [0, 0.05) is 20.9 Å². The molecule has 2 N–H and O–H groups in total. The van der Waals surface area contributed by atoms with Crippen LogP contribution in [-0.2, 0) is 0 Å². The Labute approximate surface area is 143 Å². The second-order valence-electron chi connectivity index (χ2n) is 4.79. The molecule has 0 aliphatic heterocycles. The minimum Gasteiger partial charge on any atom is -0.330 e. The van der Waals surface area contributed by atoms with Gasteiger partial charge in [0.25, 0.3) is 0 Å². The van der Waals surface area contributed by atoms with Crippen molar-refractivity contribution in [3.05, 3.63) is 53.3 Å². The fraction of sp³-hybridized carbons (Fsp3) is 0.118. The van der Waals surface area contributed by atoms with Crippen molar-refractivity contribution < 1.29 is 0 Å². The van der Waals surface area contributed by atoms with Crippen LogP contribution in [0.25, 0.3) is 22.5 Å². The lowest BCUT2D eigenvalue weighted by Crippen LogP contribution is -1.84. The number of H-pyrrole nitrogens is 2. The summed E-state index contributed by atoms with van der Waals surface area (Å²) in [7, 11) is 0. The van der Waals surface area contributed by atoms with Crippen molar-refractivity contribution in [3.8, 4) is 22.5 Å². The van der Waals surface area contributed by atoms with Crippen LogP contribution in [0.1, 0.15) is 0 Å². The van der Waals surface area contributed by atoms with E-state index in [0.29, 0.717) is 4.77 Å². The molecular weight excluding hydrogens is 328 g/mol. The average molecular weight is 345 g/mol. The summed E-state index contributed by atoms with van der Waals surface area (Å²) >= 11 is 8.78. The highest BCUT2D eigenvalue weighted by Gasteiger charge is 2.10. The molecule has 22 heavy (non-hydrogen) atoms.